The predicted octanol–water partition coefficient (Wildman–Crippen LogP) is 3.57. The highest BCUT2D eigenvalue weighted by Crippen LogP contribution is 2.28. The number of nitrogens with one attached hydrogen (secondary N) is 1. The van der Waals surface area contributed by atoms with Gasteiger partial charge in [-0.2, -0.15) is 0 Å². The molecule has 0 spiro atoms. The third-order valence-corrected chi connectivity index (χ3v) is 6.00. The van der Waals surface area contributed by atoms with Gasteiger partial charge in [-0.3, -0.25) is 4.79 Å². The van der Waals surface area contributed by atoms with Crippen molar-refractivity contribution >= 4 is 33.9 Å². The summed E-state index contributed by atoms with van der Waals surface area (Å²) in [4.78, 5) is 15.2. The Kier molecular flexibility index (Phi) is 3.50. The van der Waals surface area contributed by atoms with Crippen LogP contribution in [0.15, 0.2) is 42.6 Å². The molecular weight excluding hydrogens is 334 g/mol. The molecule has 3 saturated heterocycles. The summed E-state index contributed by atoms with van der Waals surface area (Å²) in [6, 6.07) is 12.2. The van der Waals surface area contributed by atoms with Crippen molar-refractivity contribution in [2.24, 2.45) is 5.92 Å². The summed E-state index contributed by atoms with van der Waals surface area (Å²) in [5.74, 6) is 0.665. The van der Waals surface area contributed by atoms with Crippen LogP contribution in [-0.4, -0.2) is 40.9 Å². The van der Waals surface area contributed by atoms with E-state index in [0.717, 1.165) is 33.6 Å². The molecule has 1 amide bonds. The van der Waals surface area contributed by atoms with Gasteiger partial charge in [-0.05, 0) is 62.2 Å². The maximum Gasteiger partial charge on any atom is 0.253 e. The number of aromatic nitrogens is 1. The normalized spacial score (nSPS) is 25.6. The van der Waals surface area contributed by atoms with E-state index in [4.69, 9.17) is 11.6 Å². The van der Waals surface area contributed by atoms with Gasteiger partial charge >= 0.3 is 0 Å². The number of benzene rings is 1. The molecule has 6 rings (SSSR count). The van der Waals surface area contributed by atoms with Crippen molar-refractivity contribution in [3.63, 3.8) is 0 Å². The Morgan fingerprint density at radius 3 is 2.72 bits per heavy atom. The van der Waals surface area contributed by atoms with Crippen LogP contribution in [0.3, 0.4) is 0 Å². The van der Waals surface area contributed by atoms with Gasteiger partial charge in [-0.1, -0.05) is 17.7 Å². The van der Waals surface area contributed by atoms with Crippen LogP contribution in [-0.2, 0) is 0 Å². The largest absolute Gasteiger partial charge is 0.348 e. The van der Waals surface area contributed by atoms with Gasteiger partial charge in [0, 0.05) is 34.7 Å². The fraction of sp³-hybridized carbons (Fsp3) is 0.350. The topological polar surface area (TPSA) is 36.8 Å². The van der Waals surface area contributed by atoms with Crippen molar-refractivity contribution in [1.29, 1.82) is 0 Å². The van der Waals surface area contributed by atoms with Crippen LogP contribution in [0.4, 0.5) is 0 Å². The molecule has 3 fully saturated rings. The number of carbonyl (C=O) groups is 1. The highest BCUT2D eigenvalue weighted by Gasteiger charge is 2.35. The van der Waals surface area contributed by atoms with E-state index in [9.17, 15) is 4.79 Å². The average Bonchev–Trinajstić information content (AvgIpc) is 3.07. The number of pyridine rings is 1. The fourth-order valence-corrected chi connectivity index (χ4v) is 4.56. The molecule has 4 nitrogen and oxygen atoms in total. The van der Waals surface area contributed by atoms with Gasteiger partial charge in [0.05, 0.1) is 11.1 Å². The number of halogens is 1. The van der Waals surface area contributed by atoms with Crippen LogP contribution in [0.25, 0.3) is 16.4 Å². The summed E-state index contributed by atoms with van der Waals surface area (Å²) < 4.78 is 2.07. The van der Waals surface area contributed by atoms with E-state index in [2.05, 4.69) is 14.6 Å². The minimum Gasteiger partial charge on any atom is -0.348 e. The zero-order valence-corrected chi connectivity index (χ0v) is 14.7. The quantitative estimate of drug-likeness (QED) is 0.764. The zero-order valence-electron chi connectivity index (χ0n) is 13.9. The number of rotatable bonds is 2. The Hall–Kier alpha value is -2.04. The molecule has 0 unspecified atom stereocenters. The molecule has 25 heavy (non-hydrogen) atoms. The van der Waals surface area contributed by atoms with Crippen LogP contribution < -0.4 is 5.32 Å². The first-order valence-corrected chi connectivity index (χ1v) is 9.29. The van der Waals surface area contributed by atoms with Gasteiger partial charge < -0.3 is 14.6 Å². The summed E-state index contributed by atoms with van der Waals surface area (Å²) in [6.45, 7) is 3.36. The van der Waals surface area contributed by atoms with Crippen molar-refractivity contribution in [2.45, 2.75) is 18.9 Å². The number of carbonyl (C=O) groups excluding carboxylic acids is 1. The molecule has 0 aliphatic carbocycles. The number of fused-ring (bicyclic) bond motifs is 6. The molecular formula is C20H20ClN3O. The van der Waals surface area contributed by atoms with Crippen molar-refractivity contribution in [2.75, 3.05) is 19.6 Å². The van der Waals surface area contributed by atoms with E-state index in [1.165, 1.54) is 25.9 Å². The second-order valence-electron chi connectivity index (χ2n) is 7.28. The third-order valence-electron chi connectivity index (χ3n) is 5.77. The second-order valence-corrected chi connectivity index (χ2v) is 7.71. The number of nitrogens with zero attached hydrogens (tertiary/aromatic N) is 2. The summed E-state index contributed by atoms with van der Waals surface area (Å²) in [5.41, 5.74) is 2.80. The van der Waals surface area contributed by atoms with Gasteiger partial charge in [0.25, 0.3) is 5.91 Å². The van der Waals surface area contributed by atoms with E-state index in [-0.39, 0.29) is 11.9 Å². The smallest absolute Gasteiger partial charge is 0.253 e. The first kappa shape index (κ1) is 15.2. The minimum atomic E-state index is 0.0320. The first-order chi connectivity index (χ1) is 12.2. The molecule has 1 N–H and O–H groups in total. The van der Waals surface area contributed by atoms with E-state index in [1.54, 1.807) is 0 Å². The van der Waals surface area contributed by atoms with Gasteiger partial charge in [0.2, 0.25) is 0 Å². The summed E-state index contributed by atoms with van der Waals surface area (Å²) >= 11 is 6.09. The molecule has 2 aromatic heterocycles. The van der Waals surface area contributed by atoms with Crippen molar-refractivity contribution in [3.8, 4) is 0 Å². The molecule has 5 heteroatoms. The lowest BCUT2D eigenvalue weighted by Gasteiger charge is -2.44. The maximum atomic E-state index is 12.8. The molecule has 5 heterocycles. The Morgan fingerprint density at radius 2 is 1.96 bits per heavy atom. The number of hydrogen-bond donors (Lipinski definition) is 1. The average molecular weight is 354 g/mol. The molecule has 3 aliphatic heterocycles. The Balaban J connectivity index is 1.46. The van der Waals surface area contributed by atoms with E-state index < -0.39 is 0 Å². The lowest BCUT2D eigenvalue weighted by Crippen LogP contribution is -2.57. The Morgan fingerprint density at radius 1 is 1.12 bits per heavy atom. The van der Waals surface area contributed by atoms with Crippen molar-refractivity contribution in [1.82, 2.24) is 14.6 Å². The summed E-state index contributed by atoms with van der Waals surface area (Å²) in [5, 5.41) is 5.06. The van der Waals surface area contributed by atoms with Gasteiger partial charge in [-0.15, -0.1) is 0 Å². The molecule has 3 aliphatic rings. The second kappa shape index (κ2) is 5.75. The van der Waals surface area contributed by atoms with Crippen LogP contribution in [0, 0.1) is 5.92 Å². The summed E-state index contributed by atoms with van der Waals surface area (Å²) in [6.07, 6.45) is 4.34. The Labute approximate surface area is 151 Å². The number of hydrogen-bond acceptors (Lipinski definition) is 2. The molecule has 128 valence electrons. The third kappa shape index (κ3) is 2.60. The number of amides is 1. The SMILES string of the molecule is O=C(N[C@H]1CN2CCC1CC2)c1cc2ccc3cc(Cl)ccc3n2c1. The standard InChI is InChI=1S/C20H20ClN3O/c21-16-2-4-19-14(9-16)1-3-17-10-15(11-24(17)19)20(25)22-18-12-23-7-5-13(18)6-8-23/h1-4,9-11,13,18H,5-8,12H2,(H,22,25)/t18-/m0/s1. The molecule has 0 radical (unpaired) electrons. The molecule has 2 bridgehead atoms. The zero-order chi connectivity index (χ0) is 17.0. The monoisotopic (exact) mass is 353 g/mol. The van der Waals surface area contributed by atoms with Gasteiger partial charge in [0.15, 0.2) is 0 Å². The van der Waals surface area contributed by atoms with Crippen LogP contribution in [0.5, 0.6) is 0 Å². The number of piperidine rings is 3. The van der Waals surface area contributed by atoms with Crippen LogP contribution >= 0.6 is 11.6 Å². The Bertz CT molecular complexity index is 972. The van der Waals surface area contributed by atoms with E-state index >= 15 is 0 Å². The first-order valence-electron chi connectivity index (χ1n) is 8.91. The van der Waals surface area contributed by atoms with E-state index in [0.29, 0.717) is 5.92 Å². The molecule has 1 atom stereocenters. The van der Waals surface area contributed by atoms with Crippen molar-refractivity contribution in [3.05, 3.63) is 53.2 Å². The lowest BCUT2D eigenvalue weighted by atomic mass is 9.84. The summed E-state index contributed by atoms with van der Waals surface area (Å²) in [7, 11) is 0. The van der Waals surface area contributed by atoms with Crippen LogP contribution in [0.1, 0.15) is 23.2 Å². The molecule has 3 aromatic rings. The predicted molar refractivity (Wildman–Crippen MR) is 100 cm³/mol. The van der Waals surface area contributed by atoms with Crippen LogP contribution in [0.2, 0.25) is 5.02 Å². The van der Waals surface area contributed by atoms with E-state index in [1.807, 2.05) is 42.6 Å². The highest BCUT2D eigenvalue weighted by molar-refractivity contribution is 6.31. The lowest BCUT2D eigenvalue weighted by molar-refractivity contribution is 0.0620. The maximum absolute atomic E-state index is 12.8. The fourth-order valence-electron chi connectivity index (χ4n) is 4.37. The van der Waals surface area contributed by atoms with Gasteiger partial charge in [0.1, 0.15) is 0 Å². The highest BCUT2D eigenvalue weighted by atomic mass is 35.5. The van der Waals surface area contributed by atoms with Gasteiger partial charge in [-0.25, -0.2) is 0 Å². The molecule has 1 aromatic carbocycles. The minimum absolute atomic E-state index is 0.0320. The molecule has 0 saturated carbocycles. The van der Waals surface area contributed by atoms with Crippen molar-refractivity contribution < 1.29 is 4.79 Å².